The van der Waals surface area contributed by atoms with Crippen LogP contribution < -0.4 is 10.2 Å². The number of para-hydroxylation sites is 1. The molecule has 0 aliphatic carbocycles. The van der Waals surface area contributed by atoms with E-state index in [1.807, 2.05) is 0 Å². The molecule has 2 amide bonds. The van der Waals surface area contributed by atoms with Crippen molar-refractivity contribution in [2.75, 3.05) is 25.2 Å². The van der Waals surface area contributed by atoms with E-state index in [0.717, 1.165) is 11.0 Å². The third kappa shape index (κ3) is 2.92. The zero-order valence-electron chi connectivity index (χ0n) is 11.7. The Morgan fingerprint density at radius 3 is 2.81 bits per heavy atom. The minimum Gasteiger partial charge on any atom is -0.383 e. The van der Waals surface area contributed by atoms with Gasteiger partial charge < -0.3 is 10.1 Å². The molecule has 1 aliphatic heterocycles. The van der Waals surface area contributed by atoms with Gasteiger partial charge in [0.1, 0.15) is 12.4 Å². The first-order valence-electron chi connectivity index (χ1n) is 6.38. The Bertz CT molecular complexity index is 603. The van der Waals surface area contributed by atoms with Gasteiger partial charge in [0.25, 0.3) is 11.7 Å². The molecule has 0 spiro atoms. The molecule has 0 bridgehead atoms. The summed E-state index contributed by atoms with van der Waals surface area (Å²) >= 11 is 0. The Hall–Kier alpha value is -2.28. The molecule has 2 rings (SSSR count). The van der Waals surface area contributed by atoms with Crippen molar-refractivity contribution in [1.82, 2.24) is 5.32 Å². The van der Waals surface area contributed by atoms with Gasteiger partial charge in [0.05, 0.1) is 17.9 Å². The topological polar surface area (TPSA) is 75.7 Å². The highest BCUT2D eigenvalue weighted by atomic mass is 19.1. The normalized spacial score (nSPS) is 15.1. The van der Waals surface area contributed by atoms with Crippen LogP contribution >= 0.6 is 0 Å². The molecule has 0 radical (unpaired) electrons. The Balaban J connectivity index is 2.17. The van der Waals surface area contributed by atoms with Gasteiger partial charge in [0.2, 0.25) is 5.91 Å². The van der Waals surface area contributed by atoms with Gasteiger partial charge in [-0.1, -0.05) is 6.07 Å². The maximum absolute atomic E-state index is 13.8. The first-order chi connectivity index (χ1) is 9.95. The minimum atomic E-state index is -0.898. The molecule has 21 heavy (non-hydrogen) atoms. The van der Waals surface area contributed by atoms with Gasteiger partial charge in [-0.05, 0) is 19.1 Å². The molecule has 1 aromatic rings. The quantitative estimate of drug-likeness (QED) is 0.803. The number of Topliss-reactive ketones (excluding diaryl/α,β-unsaturated/α-hetero) is 1. The van der Waals surface area contributed by atoms with Gasteiger partial charge in [-0.3, -0.25) is 19.3 Å². The van der Waals surface area contributed by atoms with Crippen molar-refractivity contribution in [3.8, 4) is 0 Å². The fourth-order valence-corrected chi connectivity index (χ4v) is 2.22. The number of fused-ring (bicyclic) bond motifs is 1. The van der Waals surface area contributed by atoms with Crippen molar-refractivity contribution in [3.63, 3.8) is 0 Å². The molecule has 0 saturated heterocycles. The number of methoxy groups -OCH3 is 1. The highest BCUT2D eigenvalue weighted by Gasteiger charge is 2.38. The van der Waals surface area contributed by atoms with Crippen molar-refractivity contribution >= 4 is 23.3 Å². The lowest BCUT2D eigenvalue weighted by atomic mass is 10.1. The maximum atomic E-state index is 13.8. The summed E-state index contributed by atoms with van der Waals surface area (Å²) in [5.41, 5.74) is -0.153. The molecule has 1 N–H and O–H groups in total. The predicted molar refractivity (Wildman–Crippen MR) is 72.6 cm³/mol. The van der Waals surface area contributed by atoms with E-state index in [9.17, 15) is 18.8 Å². The zero-order valence-corrected chi connectivity index (χ0v) is 11.7. The van der Waals surface area contributed by atoms with Crippen molar-refractivity contribution in [3.05, 3.63) is 29.6 Å². The third-order valence-electron chi connectivity index (χ3n) is 3.07. The van der Waals surface area contributed by atoms with Crippen LogP contribution in [0, 0.1) is 5.82 Å². The van der Waals surface area contributed by atoms with Crippen LogP contribution in [-0.4, -0.2) is 43.9 Å². The Kier molecular flexibility index (Phi) is 4.32. The SMILES string of the molecule is COCC(C)NC(=O)CN1C(=O)C(=O)c2cccc(F)c21. The van der Waals surface area contributed by atoms with Gasteiger partial charge in [-0.15, -0.1) is 0 Å². The number of nitrogens with zero attached hydrogens (tertiary/aromatic N) is 1. The summed E-state index contributed by atoms with van der Waals surface area (Å²) in [7, 11) is 1.50. The Morgan fingerprint density at radius 1 is 1.43 bits per heavy atom. The van der Waals surface area contributed by atoms with Gasteiger partial charge in [0, 0.05) is 13.2 Å². The molecule has 0 saturated carbocycles. The number of hydrogen-bond acceptors (Lipinski definition) is 4. The number of nitrogens with one attached hydrogen (secondary N) is 1. The number of ether oxygens (including phenoxy) is 1. The lowest BCUT2D eigenvalue weighted by Crippen LogP contribution is -2.44. The first kappa shape index (κ1) is 15.1. The molecule has 1 aliphatic rings. The van der Waals surface area contributed by atoms with Crippen molar-refractivity contribution in [2.45, 2.75) is 13.0 Å². The highest BCUT2D eigenvalue weighted by molar-refractivity contribution is 6.52. The number of amides is 2. The van der Waals surface area contributed by atoms with E-state index in [-0.39, 0.29) is 17.3 Å². The van der Waals surface area contributed by atoms with E-state index >= 15 is 0 Å². The zero-order chi connectivity index (χ0) is 15.6. The Morgan fingerprint density at radius 2 is 2.14 bits per heavy atom. The van der Waals surface area contributed by atoms with Crippen LogP contribution in [0.4, 0.5) is 10.1 Å². The van der Waals surface area contributed by atoms with Crippen LogP contribution in [0.15, 0.2) is 18.2 Å². The summed E-state index contributed by atoms with van der Waals surface area (Å²) in [5.74, 6) is -2.90. The molecule has 1 aromatic carbocycles. The van der Waals surface area contributed by atoms with Gasteiger partial charge in [-0.2, -0.15) is 0 Å². The average Bonchev–Trinajstić information content (AvgIpc) is 2.65. The monoisotopic (exact) mass is 294 g/mol. The van der Waals surface area contributed by atoms with Gasteiger partial charge in [0.15, 0.2) is 0 Å². The Labute approximate surface area is 120 Å². The number of carbonyl (C=O) groups excluding carboxylic acids is 3. The van der Waals surface area contributed by atoms with Crippen LogP contribution in [-0.2, 0) is 14.3 Å². The number of halogens is 1. The van der Waals surface area contributed by atoms with E-state index in [1.54, 1.807) is 6.92 Å². The highest BCUT2D eigenvalue weighted by Crippen LogP contribution is 2.31. The number of anilines is 1. The second-order valence-corrected chi connectivity index (χ2v) is 4.78. The lowest BCUT2D eigenvalue weighted by Gasteiger charge is -2.18. The smallest absolute Gasteiger partial charge is 0.300 e. The molecular weight excluding hydrogens is 279 g/mol. The first-order valence-corrected chi connectivity index (χ1v) is 6.38. The summed E-state index contributed by atoms with van der Waals surface area (Å²) in [6.45, 7) is 1.63. The van der Waals surface area contributed by atoms with E-state index in [4.69, 9.17) is 4.74 Å². The van der Waals surface area contributed by atoms with E-state index in [0.29, 0.717) is 6.61 Å². The molecule has 1 atom stereocenters. The second-order valence-electron chi connectivity index (χ2n) is 4.78. The summed E-state index contributed by atoms with van der Waals surface area (Å²) < 4.78 is 18.7. The number of benzene rings is 1. The molecule has 0 fully saturated rings. The molecule has 7 heteroatoms. The van der Waals surface area contributed by atoms with Crippen LogP contribution in [0.3, 0.4) is 0 Å². The third-order valence-corrected chi connectivity index (χ3v) is 3.07. The maximum Gasteiger partial charge on any atom is 0.300 e. The molecular formula is C14H15FN2O4. The van der Waals surface area contributed by atoms with Crippen LogP contribution in [0.25, 0.3) is 0 Å². The van der Waals surface area contributed by atoms with Crippen molar-refractivity contribution < 1.29 is 23.5 Å². The molecule has 0 aromatic heterocycles. The number of hydrogen-bond donors (Lipinski definition) is 1. The second kappa shape index (κ2) is 6.01. The van der Waals surface area contributed by atoms with E-state index in [2.05, 4.69) is 5.32 Å². The summed E-state index contributed by atoms with van der Waals surface area (Å²) in [6.07, 6.45) is 0. The van der Waals surface area contributed by atoms with Crippen molar-refractivity contribution in [2.24, 2.45) is 0 Å². The number of rotatable bonds is 5. The van der Waals surface area contributed by atoms with Crippen LogP contribution in [0.2, 0.25) is 0 Å². The average molecular weight is 294 g/mol. The van der Waals surface area contributed by atoms with Gasteiger partial charge >= 0.3 is 0 Å². The van der Waals surface area contributed by atoms with Gasteiger partial charge in [-0.25, -0.2) is 4.39 Å². The molecule has 112 valence electrons. The van der Waals surface area contributed by atoms with E-state index in [1.165, 1.54) is 19.2 Å². The number of carbonyl (C=O) groups is 3. The van der Waals surface area contributed by atoms with E-state index < -0.39 is 30.0 Å². The van der Waals surface area contributed by atoms with Crippen LogP contribution in [0.5, 0.6) is 0 Å². The number of ketones is 1. The van der Waals surface area contributed by atoms with Crippen molar-refractivity contribution in [1.29, 1.82) is 0 Å². The largest absolute Gasteiger partial charge is 0.383 e. The molecule has 1 heterocycles. The lowest BCUT2D eigenvalue weighted by molar-refractivity contribution is -0.122. The van der Waals surface area contributed by atoms with Crippen LogP contribution in [0.1, 0.15) is 17.3 Å². The standard InChI is InChI=1S/C14H15FN2O4/c1-8(7-21-2)16-11(18)6-17-12-9(13(19)14(17)20)4-3-5-10(12)15/h3-5,8H,6-7H2,1-2H3,(H,16,18). The molecule has 1 unspecified atom stereocenters. The molecule has 6 nitrogen and oxygen atoms in total. The predicted octanol–water partition coefficient (Wildman–Crippen LogP) is 0.506. The fourth-order valence-electron chi connectivity index (χ4n) is 2.22. The summed E-state index contributed by atoms with van der Waals surface area (Å²) in [4.78, 5) is 36.3. The summed E-state index contributed by atoms with van der Waals surface area (Å²) in [5, 5.41) is 2.60. The minimum absolute atomic E-state index is 0.0160. The fraction of sp³-hybridized carbons (Fsp3) is 0.357. The summed E-state index contributed by atoms with van der Waals surface area (Å²) in [6, 6.07) is 3.60.